The number of thiophene rings is 2. The number of nitrogens with one attached hydrogen (secondary N) is 2. The molecule has 2 heterocycles. The molecule has 1 aromatic carbocycles. The predicted molar refractivity (Wildman–Crippen MR) is 120 cm³/mol. The number of rotatable bonds is 6. The molecule has 2 N–H and O–H groups in total. The van der Waals surface area contributed by atoms with E-state index in [0.717, 1.165) is 9.75 Å². The number of carbonyl (C=O) groups excluding carboxylic acids is 2. The first-order chi connectivity index (χ1) is 14.6. The van der Waals surface area contributed by atoms with Gasteiger partial charge in [-0.05, 0) is 47.2 Å². The fourth-order valence-corrected chi connectivity index (χ4v) is 3.72. The lowest BCUT2D eigenvalue weighted by Gasteiger charge is -2.11. The Morgan fingerprint density at radius 1 is 0.733 bits per heavy atom. The third-order valence-corrected chi connectivity index (χ3v) is 5.45. The summed E-state index contributed by atoms with van der Waals surface area (Å²) in [4.78, 5) is 26.6. The molecule has 0 aliphatic carbocycles. The van der Waals surface area contributed by atoms with Crippen LogP contribution in [0.15, 0.2) is 70.4 Å². The van der Waals surface area contributed by atoms with Gasteiger partial charge in [-0.25, -0.2) is 0 Å². The molecule has 30 heavy (non-hydrogen) atoms. The minimum atomic E-state index is -0.595. The molecule has 0 fully saturated rings. The summed E-state index contributed by atoms with van der Waals surface area (Å²) >= 11 is 2.82. The van der Waals surface area contributed by atoms with Gasteiger partial charge in [0.25, 0.3) is 11.8 Å². The first-order valence-electron chi connectivity index (χ1n) is 8.63. The maximum atomic E-state index is 12.5. The van der Waals surface area contributed by atoms with E-state index in [-0.39, 0.29) is 11.1 Å². The zero-order valence-electron chi connectivity index (χ0n) is 15.5. The van der Waals surface area contributed by atoms with Gasteiger partial charge in [0.1, 0.15) is 23.3 Å². The van der Waals surface area contributed by atoms with Crippen molar-refractivity contribution in [1.29, 1.82) is 10.5 Å². The van der Waals surface area contributed by atoms with Crippen molar-refractivity contribution >= 4 is 58.0 Å². The van der Waals surface area contributed by atoms with Crippen molar-refractivity contribution in [2.24, 2.45) is 0 Å². The zero-order chi connectivity index (χ0) is 21.3. The molecule has 6 nitrogen and oxygen atoms in total. The van der Waals surface area contributed by atoms with Crippen LogP contribution in [0.4, 0.5) is 11.4 Å². The van der Waals surface area contributed by atoms with Gasteiger partial charge in [-0.1, -0.05) is 24.3 Å². The summed E-state index contributed by atoms with van der Waals surface area (Å²) in [6.45, 7) is 0. The molecule has 0 saturated carbocycles. The van der Waals surface area contributed by atoms with Gasteiger partial charge < -0.3 is 10.6 Å². The van der Waals surface area contributed by atoms with Crippen LogP contribution >= 0.6 is 22.7 Å². The van der Waals surface area contributed by atoms with Crippen LogP contribution in [0.3, 0.4) is 0 Å². The molecule has 0 radical (unpaired) electrons. The smallest absolute Gasteiger partial charge is 0.266 e. The van der Waals surface area contributed by atoms with Gasteiger partial charge in [0.05, 0.1) is 11.4 Å². The summed E-state index contributed by atoms with van der Waals surface area (Å²) in [5.41, 5.74) is 0.510. The summed E-state index contributed by atoms with van der Waals surface area (Å²) in [6, 6.07) is 17.6. The van der Waals surface area contributed by atoms with Crippen LogP contribution in [0.5, 0.6) is 0 Å². The molecular weight excluding hydrogens is 416 g/mol. The second-order valence-corrected chi connectivity index (χ2v) is 7.78. The Bertz CT molecular complexity index is 1100. The summed E-state index contributed by atoms with van der Waals surface area (Å²) in [6.07, 6.45) is 3.00. The molecule has 8 heteroatoms. The summed E-state index contributed by atoms with van der Waals surface area (Å²) in [5.74, 6) is -1.19. The lowest BCUT2D eigenvalue weighted by atomic mass is 10.2. The summed E-state index contributed by atoms with van der Waals surface area (Å²) in [5, 5.41) is 27.6. The summed E-state index contributed by atoms with van der Waals surface area (Å²) < 4.78 is 0. The van der Waals surface area contributed by atoms with Crippen molar-refractivity contribution in [2.45, 2.75) is 0 Å². The quantitative estimate of drug-likeness (QED) is 0.428. The van der Waals surface area contributed by atoms with Crippen molar-refractivity contribution < 1.29 is 9.59 Å². The molecule has 2 amide bonds. The highest BCUT2D eigenvalue weighted by atomic mass is 32.1. The number of amides is 2. The predicted octanol–water partition coefficient (Wildman–Crippen LogP) is 4.90. The van der Waals surface area contributed by atoms with Crippen LogP contribution in [0.2, 0.25) is 0 Å². The van der Waals surface area contributed by atoms with E-state index in [4.69, 9.17) is 0 Å². The number of benzene rings is 1. The Labute approximate surface area is 181 Å². The number of hydrogen-bond acceptors (Lipinski definition) is 6. The van der Waals surface area contributed by atoms with Crippen molar-refractivity contribution in [3.63, 3.8) is 0 Å². The lowest BCUT2D eigenvalue weighted by Crippen LogP contribution is -2.18. The van der Waals surface area contributed by atoms with E-state index < -0.39 is 11.8 Å². The number of para-hydroxylation sites is 2. The number of hydrogen-bond donors (Lipinski definition) is 2. The molecule has 0 spiro atoms. The Hall–Kier alpha value is -3.98. The highest BCUT2D eigenvalue weighted by molar-refractivity contribution is 7.11. The molecule has 2 aromatic heterocycles. The van der Waals surface area contributed by atoms with Crippen LogP contribution < -0.4 is 10.6 Å². The van der Waals surface area contributed by atoms with Gasteiger partial charge in [-0.15, -0.1) is 22.7 Å². The largest absolute Gasteiger partial charge is 0.320 e. The Balaban J connectivity index is 1.79. The van der Waals surface area contributed by atoms with Crippen LogP contribution in [-0.2, 0) is 9.59 Å². The van der Waals surface area contributed by atoms with Crippen LogP contribution in [-0.4, -0.2) is 11.8 Å². The average Bonchev–Trinajstić information content (AvgIpc) is 3.45. The molecule has 0 aliphatic rings. The Morgan fingerprint density at radius 2 is 1.17 bits per heavy atom. The van der Waals surface area contributed by atoms with Crippen molar-refractivity contribution in [3.8, 4) is 12.1 Å². The van der Waals surface area contributed by atoms with E-state index in [1.165, 1.54) is 34.8 Å². The van der Waals surface area contributed by atoms with E-state index in [9.17, 15) is 20.1 Å². The van der Waals surface area contributed by atoms with Gasteiger partial charge in [0.2, 0.25) is 0 Å². The first-order valence-corrected chi connectivity index (χ1v) is 10.4. The number of nitriles is 2. The fourth-order valence-electron chi connectivity index (χ4n) is 2.41. The number of anilines is 2. The first kappa shape index (κ1) is 20.7. The molecular formula is C22H14N4O2S2. The van der Waals surface area contributed by atoms with Gasteiger partial charge in [0.15, 0.2) is 0 Å². The lowest BCUT2D eigenvalue weighted by molar-refractivity contribution is -0.113. The topological polar surface area (TPSA) is 106 Å². The zero-order valence-corrected chi connectivity index (χ0v) is 17.1. The van der Waals surface area contributed by atoms with Crippen molar-refractivity contribution in [3.05, 3.63) is 80.2 Å². The molecule has 0 atom stereocenters. The highest BCUT2D eigenvalue weighted by Crippen LogP contribution is 2.23. The van der Waals surface area contributed by atoms with Crippen molar-refractivity contribution in [1.82, 2.24) is 0 Å². The molecule has 0 aliphatic heterocycles. The van der Waals surface area contributed by atoms with E-state index >= 15 is 0 Å². The second-order valence-electron chi connectivity index (χ2n) is 5.82. The third-order valence-electron chi connectivity index (χ3n) is 3.81. The monoisotopic (exact) mass is 430 g/mol. The molecule has 0 bridgehead atoms. The standard InChI is InChI=1S/C22H14N4O2S2/c23-13-15(11-17-5-3-9-29-17)21(27)25-19-7-1-2-8-20(19)26-22(28)16(14-24)12-18-6-4-10-30-18/h1-12H,(H,25,27)(H,26,28)/b15-11+,16-12+. The van der Waals surface area contributed by atoms with Crippen molar-refractivity contribution in [2.75, 3.05) is 10.6 Å². The van der Waals surface area contributed by atoms with Crippen LogP contribution in [0.25, 0.3) is 12.2 Å². The van der Waals surface area contributed by atoms with Gasteiger partial charge in [0, 0.05) is 9.75 Å². The van der Waals surface area contributed by atoms with E-state index in [1.807, 2.05) is 35.0 Å². The minimum Gasteiger partial charge on any atom is -0.320 e. The SMILES string of the molecule is N#C/C(=C\c1cccs1)C(=O)Nc1ccccc1NC(=O)/C(C#N)=C/c1cccs1. The van der Waals surface area contributed by atoms with E-state index in [1.54, 1.807) is 36.4 Å². The Morgan fingerprint density at radius 3 is 1.50 bits per heavy atom. The highest BCUT2D eigenvalue weighted by Gasteiger charge is 2.15. The normalized spacial score (nSPS) is 11.3. The molecule has 3 aromatic rings. The Kier molecular flexibility index (Phi) is 6.91. The van der Waals surface area contributed by atoms with Crippen LogP contribution in [0, 0.1) is 22.7 Å². The minimum absolute atomic E-state index is 0.0612. The van der Waals surface area contributed by atoms with E-state index in [2.05, 4.69) is 10.6 Å². The molecule has 0 saturated heterocycles. The molecule has 146 valence electrons. The number of carbonyl (C=O) groups is 2. The molecule has 3 rings (SSSR count). The van der Waals surface area contributed by atoms with Crippen LogP contribution in [0.1, 0.15) is 9.75 Å². The van der Waals surface area contributed by atoms with Gasteiger partial charge in [-0.3, -0.25) is 9.59 Å². The second kappa shape index (κ2) is 9.99. The average molecular weight is 431 g/mol. The van der Waals surface area contributed by atoms with Gasteiger partial charge in [-0.2, -0.15) is 10.5 Å². The fraction of sp³-hybridized carbons (Fsp3) is 0. The number of nitrogens with zero attached hydrogens (tertiary/aromatic N) is 2. The van der Waals surface area contributed by atoms with Gasteiger partial charge >= 0.3 is 0 Å². The summed E-state index contributed by atoms with van der Waals surface area (Å²) in [7, 11) is 0. The van der Waals surface area contributed by atoms with E-state index in [0.29, 0.717) is 11.4 Å². The maximum Gasteiger partial charge on any atom is 0.266 e. The maximum absolute atomic E-state index is 12.5. The third kappa shape index (κ3) is 5.30. The molecule has 0 unspecified atom stereocenters.